The molecule has 120 valence electrons. The van der Waals surface area contributed by atoms with E-state index >= 15 is 0 Å². The number of aliphatic carboxylic acids is 1. The van der Waals surface area contributed by atoms with Crippen molar-refractivity contribution in [2.75, 3.05) is 6.54 Å². The van der Waals surface area contributed by atoms with E-state index in [9.17, 15) is 19.7 Å². The van der Waals surface area contributed by atoms with Crippen LogP contribution in [0.1, 0.15) is 12.0 Å². The van der Waals surface area contributed by atoms with Gasteiger partial charge in [0.2, 0.25) is 0 Å². The summed E-state index contributed by atoms with van der Waals surface area (Å²) in [6.45, 7) is -0.0158. The molecule has 0 aromatic heterocycles. The van der Waals surface area contributed by atoms with Gasteiger partial charge in [-0.2, -0.15) is 0 Å². The maximum atomic E-state index is 12.2. The fourth-order valence-corrected chi connectivity index (χ4v) is 3.31. The van der Waals surface area contributed by atoms with Crippen molar-refractivity contribution < 1.29 is 19.6 Å². The highest BCUT2D eigenvalue weighted by atomic mass is 35.5. The molecule has 0 saturated carbocycles. The van der Waals surface area contributed by atoms with Crippen LogP contribution in [0, 0.1) is 10.1 Å². The maximum Gasteiger partial charge on any atom is 0.305 e. The van der Waals surface area contributed by atoms with Crippen LogP contribution in [0.25, 0.3) is 6.08 Å². The first-order valence-electron chi connectivity index (χ1n) is 6.20. The van der Waals surface area contributed by atoms with Gasteiger partial charge in [-0.1, -0.05) is 41.6 Å². The lowest BCUT2D eigenvalue weighted by atomic mass is 10.2. The quantitative estimate of drug-likeness (QED) is 0.367. The number of carbonyl (C=O) groups is 2. The Morgan fingerprint density at radius 1 is 1.52 bits per heavy atom. The number of nitro groups is 1. The number of amides is 1. The van der Waals surface area contributed by atoms with Crippen molar-refractivity contribution in [1.29, 1.82) is 0 Å². The number of rotatable bonds is 5. The molecule has 10 heteroatoms. The van der Waals surface area contributed by atoms with Crippen LogP contribution in [0.3, 0.4) is 0 Å². The normalized spacial score (nSPS) is 16.2. The van der Waals surface area contributed by atoms with Crippen LogP contribution in [-0.4, -0.2) is 37.7 Å². The van der Waals surface area contributed by atoms with E-state index in [2.05, 4.69) is 0 Å². The smallest absolute Gasteiger partial charge is 0.305 e. The summed E-state index contributed by atoms with van der Waals surface area (Å²) in [5.41, 5.74) is 0.168. The van der Waals surface area contributed by atoms with Crippen molar-refractivity contribution in [2.45, 2.75) is 6.42 Å². The molecule has 1 aliphatic rings. The van der Waals surface area contributed by atoms with Gasteiger partial charge < -0.3 is 5.11 Å². The Labute approximate surface area is 145 Å². The van der Waals surface area contributed by atoms with Crippen LogP contribution in [0.2, 0.25) is 5.02 Å². The first-order chi connectivity index (χ1) is 10.8. The minimum atomic E-state index is -1.03. The standard InChI is InChI=1S/C13H9ClN2O5S2/c14-8-2-1-7(5-9(8)16(20)21)6-10-12(19)15(13(22)23-10)4-3-11(17)18/h1-2,5-6H,3-4H2,(H,17,18)/b10-6-. The second-order valence-electron chi connectivity index (χ2n) is 4.45. The summed E-state index contributed by atoms with van der Waals surface area (Å²) < 4.78 is 0.256. The Morgan fingerprint density at radius 2 is 2.22 bits per heavy atom. The monoisotopic (exact) mass is 372 g/mol. The number of thiocarbonyl (C=S) groups is 1. The Kier molecular flexibility index (Phi) is 5.34. The van der Waals surface area contributed by atoms with Gasteiger partial charge in [-0.15, -0.1) is 0 Å². The highest BCUT2D eigenvalue weighted by Crippen LogP contribution is 2.34. The number of nitrogens with zero attached hydrogens (tertiary/aromatic N) is 2. The van der Waals surface area contributed by atoms with Gasteiger partial charge >= 0.3 is 5.97 Å². The minimum Gasteiger partial charge on any atom is -0.481 e. The van der Waals surface area contributed by atoms with Crippen molar-refractivity contribution in [1.82, 2.24) is 4.90 Å². The molecule has 1 N–H and O–H groups in total. The van der Waals surface area contributed by atoms with Crippen molar-refractivity contribution in [2.24, 2.45) is 0 Å². The average Bonchev–Trinajstić information content (AvgIpc) is 2.73. The zero-order chi connectivity index (χ0) is 17.1. The second-order valence-corrected chi connectivity index (χ2v) is 6.53. The van der Waals surface area contributed by atoms with Crippen molar-refractivity contribution >= 4 is 63.5 Å². The van der Waals surface area contributed by atoms with Gasteiger partial charge in [-0.25, -0.2) is 0 Å². The molecule has 0 bridgehead atoms. The number of carbonyl (C=O) groups excluding carboxylic acids is 1. The lowest BCUT2D eigenvalue weighted by Crippen LogP contribution is -2.30. The summed E-state index contributed by atoms with van der Waals surface area (Å²) in [6.07, 6.45) is 1.25. The molecule has 0 spiro atoms. The molecule has 23 heavy (non-hydrogen) atoms. The first-order valence-corrected chi connectivity index (χ1v) is 7.81. The van der Waals surface area contributed by atoms with Gasteiger partial charge in [0.25, 0.3) is 11.6 Å². The fourth-order valence-electron chi connectivity index (χ4n) is 1.81. The SMILES string of the molecule is O=C(O)CCN1C(=O)/C(=C/c2ccc(Cl)c([N+](=O)[O-])c2)SC1=S. The maximum absolute atomic E-state index is 12.2. The minimum absolute atomic E-state index is 0.00107. The lowest BCUT2D eigenvalue weighted by molar-refractivity contribution is -0.384. The van der Waals surface area contributed by atoms with Crippen LogP contribution in [0.4, 0.5) is 5.69 Å². The van der Waals surface area contributed by atoms with Gasteiger partial charge in [0, 0.05) is 12.6 Å². The van der Waals surface area contributed by atoms with Gasteiger partial charge in [0.15, 0.2) is 0 Å². The topological polar surface area (TPSA) is 101 Å². The van der Waals surface area contributed by atoms with E-state index in [1.807, 2.05) is 0 Å². The second kappa shape index (κ2) is 7.07. The summed E-state index contributed by atoms with van der Waals surface area (Å²) in [5, 5.41) is 19.6. The summed E-state index contributed by atoms with van der Waals surface area (Å²) >= 11 is 11.8. The van der Waals surface area contributed by atoms with E-state index in [0.717, 1.165) is 11.8 Å². The summed E-state index contributed by atoms with van der Waals surface area (Å²) in [4.78, 5) is 34.5. The lowest BCUT2D eigenvalue weighted by Gasteiger charge is -2.12. The van der Waals surface area contributed by atoms with E-state index in [1.165, 1.54) is 23.1 Å². The molecule has 1 aromatic rings. The molecule has 0 radical (unpaired) electrons. The number of carboxylic acids is 1. The largest absolute Gasteiger partial charge is 0.481 e. The average molecular weight is 373 g/mol. The highest BCUT2D eigenvalue weighted by Gasteiger charge is 2.32. The van der Waals surface area contributed by atoms with Crippen LogP contribution >= 0.6 is 35.6 Å². The molecule has 0 aliphatic carbocycles. The molecule has 1 amide bonds. The molecular formula is C13H9ClN2O5S2. The molecule has 7 nitrogen and oxygen atoms in total. The number of hydrogen-bond acceptors (Lipinski definition) is 6. The molecule has 1 aromatic carbocycles. The van der Waals surface area contributed by atoms with E-state index in [4.69, 9.17) is 28.9 Å². The Morgan fingerprint density at radius 3 is 2.83 bits per heavy atom. The Hall–Kier alpha value is -1.97. The summed E-state index contributed by atoms with van der Waals surface area (Å²) in [7, 11) is 0. The fraction of sp³-hybridized carbons (Fsp3) is 0.154. The third-order valence-electron chi connectivity index (χ3n) is 2.89. The molecule has 2 rings (SSSR count). The van der Waals surface area contributed by atoms with Crippen LogP contribution in [-0.2, 0) is 9.59 Å². The molecule has 1 fully saturated rings. The molecule has 0 unspecified atom stereocenters. The number of carboxylic acid groups (broad SMARTS) is 1. The van der Waals surface area contributed by atoms with Crippen molar-refractivity contribution in [3.63, 3.8) is 0 Å². The number of benzene rings is 1. The van der Waals surface area contributed by atoms with Crippen molar-refractivity contribution in [3.8, 4) is 0 Å². The first kappa shape index (κ1) is 17.4. The van der Waals surface area contributed by atoms with Crippen LogP contribution < -0.4 is 0 Å². The van der Waals surface area contributed by atoms with Gasteiger partial charge in [0.05, 0.1) is 16.2 Å². The molecule has 1 saturated heterocycles. The van der Waals surface area contributed by atoms with Gasteiger partial charge in [-0.05, 0) is 17.7 Å². The number of thioether (sulfide) groups is 1. The molecule has 0 atom stereocenters. The molecule has 1 aliphatic heterocycles. The number of hydrogen-bond donors (Lipinski definition) is 1. The molecular weight excluding hydrogens is 364 g/mol. The predicted octanol–water partition coefficient (Wildman–Crippen LogP) is 2.92. The Bertz CT molecular complexity index is 750. The zero-order valence-corrected chi connectivity index (χ0v) is 13.8. The number of halogens is 1. The predicted molar refractivity (Wildman–Crippen MR) is 90.2 cm³/mol. The van der Waals surface area contributed by atoms with Crippen molar-refractivity contribution in [3.05, 3.63) is 43.8 Å². The highest BCUT2D eigenvalue weighted by molar-refractivity contribution is 8.26. The van der Waals surface area contributed by atoms with Crippen LogP contribution in [0.15, 0.2) is 23.1 Å². The third-order valence-corrected chi connectivity index (χ3v) is 4.58. The third kappa shape index (κ3) is 4.06. The van der Waals surface area contributed by atoms with E-state index in [1.54, 1.807) is 6.07 Å². The zero-order valence-electron chi connectivity index (χ0n) is 11.4. The summed E-state index contributed by atoms with van der Waals surface area (Å²) in [6, 6.07) is 4.17. The summed E-state index contributed by atoms with van der Waals surface area (Å²) in [5.74, 6) is -1.45. The van der Waals surface area contributed by atoms with Gasteiger partial charge in [0.1, 0.15) is 9.34 Å². The Balaban J connectivity index is 2.25. The molecule has 1 heterocycles. The van der Waals surface area contributed by atoms with E-state index < -0.39 is 16.8 Å². The van der Waals surface area contributed by atoms with Crippen LogP contribution in [0.5, 0.6) is 0 Å². The van der Waals surface area contributed by atoms with E-state index in [-0.39, 0.29) is 32.9 Å². The number of nitro benzene ring substituents is 1. The van der Waals surface area contributed by atoms with E-state index in [0.29, 0.717) is 5.56 Å². The van der Waals surface area contributed by atoms with Gasteiger partial charge in [-0.3, -0.25) is 24.6 Å².